The number of hydrogen-bond acceptors (Lipinski definition) is 3. The van der Waals surface area contributed by atoms with E-state index >= 15 is 0 Å². The summed E-state index contributed by atoms with van der Waals surface area (Å²) in [5.74, 6) is -0.127. The Morgan fingerprint density at radius 3 is 2.33 bits per heavy atom. The second-order valence-corrected chi connectivity index (χ2v) is 3.55. The molecule has 0 saturated carbocycles. The number of nitrogens with one attached hydrogen (secondary N) is 1. The minimum Gasteiger partial charge on any atom is -0.352 e. The van der Waals surface area contributed by atoms with Gasteiger partial charge in [-0.25, -0.2) is 0 Å². The van der Waals surface area contributed by atoms with Crippen molar-refractivity contribution < 1.29 is 9.59 Å². The highest BCUT2D eigenvalue weighted by atomic mass is 16.2. The number of amides is 2. The second-order valence-electron chi connectivity index (χ2n) is 3.55. The van der Waals surface area contributed by atoms with E-state index in [-0.39, 0.29) is 24.9 Å². The quantitative estimate of drug-likeness (QED) is 0.594. The number of hydrogen-bond donors (Lipinski definition) is 1. The summed E-state index contributed by atoms with van der Waals surface area (Å²) < 4.78 is 0. The highest BCUT2D eigenvalue weighted by Crippen LogP contribution is 1.86. The summed E-state index contributed by atoms with van der Waals surface area (Å²) in [4.78, 5) is 25.7. The van der Waals surface area contributed by atoms with Crippen molar-refractivity contribution in [1.29, 1.82) is 0 Å². The summed E-state index contributed by atoms with van der Waals surface area (Å²) in [6.45, 7) is 4.41. The van der Waals surface area contributed by atoms with Gasteiger partial charge >= 0.3 is 0 Å². The molecule has 0 atom stereocenters. The second kappa shape index (κ2) is 7.00. The average Bonchev–Trinajstić information content (AvgIpc) is 2.14. The van der Waals surface area contributed by atoms with E-state index in [1.54, 1.807) is 32.1 Å². The van der Waals surface area contributed by atoms with E-state index in [2.05, 4.69) is 11.9 Å². The van der Waals surface area contributed by atoms with E-state index in [0.29, 0.717) is 6.54 Å². The molecule has 0 aliphatic heterocycles. The maximum Gasteiger partial charge on any atom is 0.236 e. The van der Waals surface area contributed by atoms with Crippen LogP contribution in [0.15, 0.2) is 12.7 Å². The van der Waals surface area contributed by atoms with Crippen LogP contribution in [0.4, 0.5) is 0 Å². The van der Waals surface area contributed by atoms with E-state index in [1.807, 2.05) is 0 Å². The Labute approximate surface area is 90.7 Å². The minimum atomic E-state index is -0.107. The molecule has 5 heteroatoms. The molecule has 0 aromatic heterocycles. The lowest BCUT2D eigenvalue weighted by molar-refractivity contribution is -0.130. The van der Waals surface area contributed by atoms with Crippen LogP contribution in [0.3, 0.4) is 0 Å². The van der Waals surface area contributed by atoms with Gasteiger partial charge in [0.1, 0.15) is 0 Å². The van der Waals surface area contributed by atoms with Crippen LogP contribution in [-0.4, -0.2) is 62.4 Å². The number of carbonyl (C=O) groups is 2. The van der Waals surface area contributed by atoms with Crippen molar-refractivity contribution >= 4 is 11.8 Å². The Hall–Kier alpha value is -1.36. The van der Waals surface area contributed by atoms with Crippen molar-refractivity contribution in [2.75, 3.05) is 40.8 Å². The normalized spacial score (nSPS) is 9.87. The molecule has 0 saturated heterocycles. The standard InChI is InChI=1S/C10H19N3O2/c1-5-6-11-9(14)7-13(4)8-10(15)12(2)3/h5H,1,6-8H2,2-4H3,(H,11,14). The van der Waals surface area contributed by atoms with Gasteiger partial charge in [0.15, 0.2) is 0 Å². The monoisotopic (exact) mass is 213 g/mol. The lowest BCUT2D eigenvalue weighted by Gasteiger charge is -2.18. The number of rotatable bonds is 6. The molecule has 0 bridgehead atoms. The smallest absolute Gasteiger partial charge is 0.236 e. The Morgan fingerprint density at radius 1 is 1.27 bits per heavy atom. The number of likely N-dealkylation sites (N-methyl/N-ethyl adjacent to an activating group) is 2. The van der Waals surface area contributed by atoms with Crippen LogP contribution in [0.1, 0.15) is 0 Å². The van der Waals surface area contributed by atoms with Crippen LogP contribution in [-0.2, 0) is 9.59 Å². The van der Waals surface area contributed by atoms with Gasteiger partial charge in [-0.3, -0.25) is 14.5 Å². The molecule has 0 aliphatic rings. The predicted molar refractivity (Wildman–Crippen MR) is 59.4 cm³/mol. The minimum absolute atomic E-state index is 0.0194. The molecule has 86 valence electrons. The summed E-state index contributed by atoms with van der Waals surface area (Å²) in [5.41, 5.74) is 0. The zero-order valence-electron chi connectivity index (χ0n) is 9.62. The summed E-state index contributed by atoms with van der Waals surface area (Å²) in [5, 5.41) is 2.64. The highest BCUT2D eigenvalue weighted by Gasteiger charge is 2.10. The van der Waals surface area contributed by atoms with Gasteiger partial charge in [-0.05, 0) is 7.05 Å². The molecule has 0 aromatic rings. The SMILES string of the molecule is C=CCNC(=O)CN(C)CC(=O)N(C)C. The van der Waals surface area contributed by atoms with E-state index in [4.69, 9.17) is 0 Å². The average molecular weight is 213 g/mol. The van der Waals surface area contributed by atoms with Crippen molar-refractivity contribution in [1.82, 2.24) is 15.1 Å². The van der Waals surface area contributed by atoms with Gasteiger partial charge in [-0.15, -0.1) is 6.58 Å². The molecule has 5 nitrogen and oxygen atoms in total. The Kier molecular flexibility index (Phi) is 6.37. The van der Waals surface area contributed by atoms with Crippen molar-refractivity contribution in [2.45, 2.75) is 0 Å². The zero-order chi connectivity index (χ0) is 11.8. The van der Waals surface area contributed by atoms with Crippen molar-refractivity contribution in [3.63, 3.8) is 0 Å². The first kappa shape index (κ1) is 13.6. The van der Waals surface area contributed by atoms with E-state index in [1.165, 1.54) is 4.90 Å². The van der Waals surface area contributed by atoms with E-state index < -0.39 is 0 Å². The Bertz CT molecular complexity index is 239. The molecule has 0 spiro atoms. The maximum absolute atomic E-state index is 11.3. The molecular weight excluding hydrogens is 194 g/mol. The molecule has 0 unspecified atom stereocenters. The third-order valence-electron chi connectivity index (χ3n) is 1.76. The third kappa shape index (κ3) is 6.68. The highest BCUT2D eigenvalue weighted by molar-refractivity contribution is 5.80. The number of carbonyl (C=O) groups excluding carboxylic acids is 2. The summed E-state index contributed by atoms with van der Waals surface area (Å²) in [7, 11) is 5.11. The van der Waals surface area contributed by atoms with Gasteiger partial charge in [-0.1, -0.05) is 6.08 Å². The lowest BCUT2D eigenvalue weighted by atomic mass is 10.4. The van der Waals surface area contributed by atoms with E-state index in [9.17, 15) is 9.59 Å². The van der Waals surface area contributed by atoms with Crippen molar-refractivity contribution in [3.05, 3.63) is 12.7 Å². The summed E-state index contributed by atoms with van der Waals surface area (Å²) in [6, 6.07) is 0. The molecule has 0 fully saturated rings. The Morgan fingerprint density at radius 2 is 1.87 bits per heavy atom. The fourth-order valence-electron chi connectivity index (χ4n) is 0.915. The van der Waals surface area contributed by atoms with Crippen LogP contribution in [0.2, 0.25) is 0 Å². The van der Waals surface area contributed by atoms with E-state index in [0.717, 1.165) is 0 Å². The first-order chi connectivity index (χ1) is 6.97. The third-order valence-corrected chi connectivity index (χ3v) is 1.76. The van der Waals surface area contributed by atoms with Crippen molar-refractivity contribution in [2.24, 2.45) is 0 Å². The molecule has 1 N–H and O–H groups in total. The number of nitrogens with zero attached hydrogens (tertiary/aromatic N) is 2. The van der Waals surface area contributed by atoms with Crippen LogP contribution >= 0.6 is 0 Å². The van der Waals surface area contributed by atoms with Gasteiger partial charge < -0.3 is 10.2 Å². The zero-order valence-corrected chi connectivity index (χ0v) is 9.62. The molecule has 15 heavy (non-hydrogen) atoms. The molecule has 2 amide bonds. The lowest BCUT2D eigenvalue weighted by Crippen LogP contribution is -2.40. The first-order valence-corrected chi connectivity index (χ1v) is 4.73. The molecular formula is C10H19N3O2. The summed E-state index contributed by atoms with van der Waals surface area (Å²) >= 11 is 0. The van der Waals surface area contributed by atoms with Crippen LogP contribution < -0.4 is 5.32 Å². The molecule has 0 aliphatic carbocycles. The largest absolute Gasteiger partial charge is 0.352 e. The first-order valence-electron chi connectivity index (χ1n) is 4.73. The summed E-state index contributed by atoms with van der Waals surface area (Å²) in [6.07, 6.45) is 1.61. The topological polar surface area (TPSA) is 52.7 Å². The fourth-order valence-corrected chi connectivity index (χ4v) is 0.915. The van der Waals surface area contributed by atoms with Crippen LogP contribution in [0, 0.1) is 0 Å². The van der Waals surface area contributed by atoms with Crippen LogP contribution in [0.5, 0.6) is 0 Å². The van der Waals surface area contributed by atoms with Gasteiger partial charge in [0.25, 0.3) is 0 Å². The predicted octanol–water partition coefficient (Wildman–Crippen LogP) is -0.691. The Balaban J connectivity index is 3.82. The van der Waals surface area contributed by atoms with Gasteiger partial charge in [0.05, 0.1) is 13.1 Å². The van der Waals surface area contributed by atoms with Gasteiger partial charge in [-0.2, -0.15) is 0 Å². The van der Waals surface area contributed by atoms with Crippen LogP contribution in [0.25, 0.3) is 0 Å². The molecule has 0 aromatic carbocycles. The molecule has 0 rings (SSSR count). The fraction of sp³-hybridized carbons (Fsp3) is 0.600. The van der Waals surface area contributed by atoms with Gasteiger partial charge in [0.2, 0.25) is 11.8 Å². The molecule has 0 radical (unpaired) electrons. The van der Waals surface area contributed by atoms with Gasteiger partial charge in [0, 0.05) is 20.6 Å². The maximum atomic E-state index is 11.3. The van der Waals surface area contributed by atoms with Crippen molar-refractivity contribution in [3.8, 4) is 0 Å². The molecule has 0 heterocycles.